The molecule has 1 aliphatic heterocycles. The molecular formula is C17H20N4O2. The van der Waals surface area contributed by atoms with E-state index in [9.17, 15) is 4.79 Å². The Labute approximate surface area is 135 Å². The molecule has 2 fully saturated rings. The number of pyridine rings is 1. The number of rotatable bonds is 2. The fraction of sp³-hybridized carbons (Fsp3) is 0.471. The molecule has 3 heterocycles. The minimum absolute atomic E-state index is 0.0601. The maximum atomic E-state index is 13.0. The predicted octanol–water partition coefficient (Wildman–Crippen LogP) is 1.97. The Balaban J connectivity index is 1.63. The summed E-state index contributed by atoms with van der Waals surface area (Å²) in [6, 6.07) is 5.88. The number of fused-ring (bicyclic) bond motifs is 1. The van der Waals surface area contributed by atoms with E-state index in [-0.39, 0.29) is 18.1 Å². The van der Waals surface area contributed by atoms with Crippen molar-refractivity contribution in [3.8, 4) is 5.82 Å². The molecule has 2 aliphatic rings. The molecule has 6 nitrogen and oxygen atoms in total. The Hall–Kier alpha value is -2.21. The van der Waals surface area contributed by atoms with Crippen LogP contribution in [0, 0.1) is 6.92 Å². The molecule has 120 valence electrons. The van der Waals surface area contributed by atoms with Crippen LogP contribution in [0.1, 0.15) is 35.3 Å². The normalized spacial score (nSPS) is 23.8. The van der Waals surface area contributed by atoms with Crippen molar-refractivity contribution >= 4 is 5.91 Å². The summed E-state index contributed by atoms with van der Waals surface area (Å²) in [6.07, 6.45) is 6.81. The van der Waals surface area contributed by atoms with Gasteiger partial charge in [0.2, 0.25) is 0 Å². The van der Waals surface area contributed by atoms with Gasteiger partial charge in [-0.15, -0.1) is 0 Å². The summed E-state index contributed by atoms with van der Waals surface area (Å²) in [7, 11) is 0. The zero-order chi connectivity index (χ0) is 15.8. The van der Waals surface area contributed by atoms with E-state index in [1.165, 1.54) is 0 Å². The van der Waals surface area contributed by atoms with Gasteiger partial charge in [-0.25, -0.2) is 9.67 Å². The monoisotopic (exact) mass is 312 g/mol. The van der Waals surface area contributed by atoms with Crippen LogP contribution in [0.4, 0.5) is 0 Å². The summed E-state index contributed by atoms with van der Waals surface area (Å²) < 4.78 is 7.52. The van der Waals surface area contributed by atoms with Crippen LogP contribution in [0.15, 0.2) is 30.6 Å². The topological polar surface area (TPSA) is 60.3 Å². The lowest BCUT2D eigenvalue weighted by molar-refractivity contribution is -0.0445. The molecule has 0 spiro atoms. The third-order valence-corrected chi connectivity index (χ3v) is 4.85. The molecular weight excluding hydrogens is 292 g/mol. The second-order valence-corrected chi connectivity index (χ2v) is 6.15. The van der Waals surface area contributed by atoms with Crippen LogP contribution in [-0.4, -0.2) is 50.9 Å². The largest absolute Gasteiger partial charge is 0.374 e. The first-order valence-corrected chi connectivity index (χ1v) is 8.14. The van der Waals surface area contributed by atoms with Gasteiger partial charge in [0.1, 0.15) is 0 Å². The van der Waals surface area contributed by atoms with Gasteiger partial charge in [-0.1, -0.05) is 6.07 Å². The summed E-state index contributed by atoms with van der Waals surface area (Å²) >= 11 is 0. The van der Waals surface area contributed by atoms with Crippen molar-refractivity contribution in [2.75, 3.05) is 13.2 Å². The van der Waals surface area contributed by atoms with E-state index in [4.69, 9.17) is 4.74 Å². The standard InChI is InChI=1S/C17H20N4O2/c1-12-13(11-19-21(12)16-7-2-3-8-18-16)17(22)20-9-10-23-15-6-4-5-14(15)20/h2-3,7-8,11,14-15H,4-6,9-10H2,1H3/t14-,15+/m1/s1. The Kier molecular flexibility index (Phi) is 3.61. The van der Waals surface area contributed by atoms with E-state index in [2.05, 4.69) is 10.1 Å². The second-order valence-electron chi connectivity index (χ2n) is 6.15. The van der Waals surface area contributed by atoms with E-state index < -0.39 is 0 Å². The first-order valence-electron chi connectivity index (χ1n) is 8.14. The van der Waals surface area contributed by atoms with E-state index in [0.29, 0.717) is 18.7 Å². The summed E-state index contributed by atoms with van der Waals surface area (Å²) in [5, 5.41) is 4.36. The van der Waals surface area contributed by atoms with Crippen molar-refractivity contribution in [2.45, 2.75) is 38.3 Å². The fourth-order valence-electron chi connectivity index (χ4n) is 3.66. The molecule has 0 aromatic carbocycles. The van der Waals surface area contributed by atoms with Crippen molar-refractivity contribution in [3.05, 3.63) is 41.9 Å². The molecule has 4 rings (SSSR count). The van der Waals surface area contributed by atoms with Crippen LogP contribution in [0.5, 0.6) is 0 Å². The molecule has 2 aromatic heterocycles. The minimum atomic E-state index is 0.0601. The van der Waals surface area contributed by atoms with Crippen LogP contribution in [0.25, 0.3) is 5.82 Å². The molecule has 2 aromatic rings. The molecule has 6 heteroatoms. The van der Waals surface area contributed by atoms with Gasteiger partial charge < -0.3 is 9.64 Å². The Morgan fingerprint density at radius 3 is 3.09 bits per heavy atom. The number of amides is 1. The number of hydrogen-bond donors (Lipinski definition) is 0. The number of hydrogen-bond acceptors (Lipinski definition) is 4. The lowest BCUT2D eigenvalue weighted by Gasteiger charge is -2.37. The highest BCUT2D eigenvalue weighted by Crippen LogP contribution is 2.31. The van der Waals surface area contributed by atoms with Crippen molar-refractivity contribution in [3.63, 3.8) is 0 Å². The molecule has 23 heavy (non-hydrogen) atoms. The quantitative estimate of drug-likeness (QED) is 0.850. The number of ether oxygens (including phenoxy) is 1. The molecule has 1 aliphatic carbocycles. The number of aromatic nitrogens is 3. The lowest BCUT2D eigenvalue weighted by Crippen LogP contribution is -2.51. The fourth-order valence-corrected chi connectivity index (χ4v) is 3.66. The maximum absolute atomic E-state index is 13.0. The third-order valence-electron chi connectivity index (χ3n) is 4.85. The van der Waals surface area contributed by atoms with Crippen LogP contribution >= 0.6 is 0 Å². The van der Waals surface area contributed by atoms with Gasteiger partial charge in [0.25, 0.3) is 5.91 Å². The Morgan fingerprint density at radius 1 is 1.35 bits per heavy atom. The number of nitrogens with zero attached hydrogens (tertiary/aromatic N) is 4. The summed E-state index contributed by atoms with van der Waals surface area (Å²) in [6.45, 7) is 3.20. The maximum Gasteiger partial charge on any atom is 0.257 e. The van der Waals surface area contributed by atoms with Gasteiger partial charge in [0.15, 0.2) is 5.82 Å². The highest BCUT2D eigenvalue weighted by atomic mass is 16.5. The van der Waals surface area contributed by atoms with Gasteiger partial charge in [0.05, 0.1) is 36.2 Å². The summed E-state index contributed by atoms with van der Waals surface area (Å²) in [5.41, 5.74) is 1.48. The molecule has 0 radical (unpaired) electrons. The van der Waals surface area contributed by atoms with E-state index in [1.54, 1.807) is 17.1 Å². The van der Waals surface area contributed by atoms with Crippen LogP contribution in [0.3, 0.4) is 0 Å². The smallest absolute Gasteiger partial charge is 0.257 e. The van der Waals surface area contributed by atoms with Gasteiger partial charge >= 0.3 is 0 Å². The van der Waals surface area contributed by atoms with Crippen molar-refractivity contribution in [1.82, 2.24) is 19.7 Å². The van der Waals surface area contributed by atoms with Gasteiger partial charge in [-0.3, -0.25) is 4.79 Å². The van der Waals surface area contributed by atoms with Gasteiger partial charge in [-0.2, -0.15) is 5.10 Å². The molecule has 2 atom stereocenters. The zero-order valence-corrected chi connectivity index (χ0v) is 13.2. The highest BCUT2D eigenvalue weighted by molar-refractivity contribution is 5.95. The average molecular weight is 312 g/mol. The third kappa shape index (κ3) is 2.43. The summed E-state index contributed by atoms with van der Waals surface area (Å²) in [5.74, 6) is 0.787. The molecule has 0 unspecified atom stereocenters. The highest BCUT2D eigenvalue weighted by Gasteiger charge is 2.39. The molecule has 0 bridgehead atoms. The SMILES string of the molecule is Cc1c(C(=O)N2CCO[C@H]3CCC[C@H]32)cnn1-c1ccccn1. The first kappa shape index (κ1) is 14.4. The van der Waals surface area contributed by atoms with Crippen molar-refractivity contribution in [1.29, 1.82) is 0 Å². The second kappa shape index (κ2) is 5.77. The Bertz CT molecular complexity index is 713. The van der Waals surface area contributed by atoms with Crippen LogP contribution in [-0.2, 0) is 4.74 Å². The van der Waals surface area contributed by atoms with Crippen LogP contribution in [0.2, 0.25) is 0 Å². The van der Waals surface area contributed by atoms with E-state index in [0.717, 1.165) is 30.8 Å². The summed E-state index contributed by atoms with van der Waals surface area (Å²) in [4.78, 5) is 19.3. The van der Waals surface area contributed by atoms with Gasteiger partial charge in [-0.05, 0) is 38.3 Å². The zero-order valence-electron chi connectivity index (χ0n) is 13.2. The van der Waals surface area contributed by atoms with E-state index in [1.807, 2.05) is 30.0 Å². The molecule has 1 saturated heterocycles. The van der Waals surface area contributed by atoms with E-state index >= 15 is 0 Å². The van der Waals surface area contributed by atoms with Crippen molar-refractivity contribution in [2.24, 2.45) is 0 Å². The van der Waals surface area contributed by atoms with Gasteiger partial charge in [0, 0.05) is 12.7 Å². The molecule has 1 amide bonds. The predicted molar refractivity (Wildman–Crippen MR) is 84.5 cm³/mol. The molecule has 0 N–H and O–H groups in total. The number of carbonyl (C=O) groups excluding carboxylic acids is 1. The first-order chi connectivity index (χ1) is 11.3. The number of morpholine rings is 1. The molecule has 1 saturated carbocycles. The lowest BCUT2D eigenvalue weighted by atomic mass is 10.1. The average Bonchev–Trinajstić information content (AvgIpc) is 3.21. The van der Waals surface area contributed by atoms with Crippen LogP contribution < -0.4 is 0 Å². The number of carbonyl (C=O) groups is 1. The minimum Gasteiger partial charge on any atom is -0.374 e. The Morgan fingerprint density at radius 2 is 2.26 bits per heavy atom. The van der Waals surface area contributed by atoms with Crippen molar-refractivity contribution < 1.29 is 9.53 Å².